The third-order valence-electron chi connectivity index (χ3n) is 4.62. The first-order valence-electron chi connectivity index (χ1n) is 9.03. The lowest BCUT2D eigenvalue weighted by Gasteiger charge is -2.29. The van der Waals surface area contributed by atoms with Crippen LogP contribution in [0.1, 0.15) is 5.56 Å². The molecule has 27 heavy (non-hydrogen) atoms. The predicted octanol–water partition coefficient (Wildman–Crippen LogP) is 3.93. The summed E-state index contributed by atoms with van der Waals surface area (Å²) in [5, 5.41) is 6.44. The van der Waals surface area contributed by atoms with E-state index >= 15 is 0 Å². The Bertz CT molecular complexity index is 940. The maximum absolute atomic E-state index is 12.4. The third kappa shape index (κ3) is 4.01. The molecule has 0 aliphatic carbocycles. The van der Waals surface area contributed by atoms with Crippen LogP contribution in [-0.2, 0) is 6.42 Å². The van der Waals surface area contributed by atoms with E-state index < -0.39 is 0 Å². The highest BCUT2D eigenvalue weighted by molar-refractivity contribution is 7.17. The summed E-state index contributed by atoms with van der Waals surface area (Å²) in [6.07, 6.45) is 0.650. The first-order valence-corrected chi connectivity index (χ1v) is 9.91. The van der Waals surface area contributed by atoms with Gasteiger partial charge in [-0.25, -0.2) is 4.79 Å². The monoisotopic (exact) mass is 382 g/mol. The number of thiophene rings is 1. The molecule has 2 aromatic carbocycles. The molecule has 1 N–H and O–H groups in total. The molecular weight excluding hydrogens is 360 g/mol. The van der Waals surface area contributed by atoms with E-state index in [1.807, 2.05) is 24.3 Å². The van der Waals surface area contributed by atoms with Crippen LogP contribution < -0.4 is 14.8 Å². The largest absolute Gasteiger partial charge is 0.486 e. The van der Waals surface area contributed by atoms with Crippen molar-refractivity contribution in [3.05, 3.63) is 59.5 Å². The molecule has 1 atom stereocenters. The van der Waals surface area contributed by atoms with Crippen molar-refractivity contribution < 1.29 is 14.3 Å². The zero-order valence-corrected chi connectivity index (χ0v) is 16.0. The van der Waals surface area contributed by atoms with Crippen molar-refractivity contribution in [2.45, 2.75) is 12.5 Å². The number of para-hydroxylation sites is 2. The summed E-state index contributed by atoms with van der Waals surface area (Å²) in [4.78, 5) is 14.0. The summed E-state index contributed by atoms with van der Waals surface area (Å²) in [7, 11) is 1.78. The molecule has 1 aliphatic rings. The Hall–Kier alpha value is -2.73. The normalized spacial score (nSPS) is 15.5. The number of carbonyl (C=O) groups is 1. The van der Waals surface area contributed by atoms with Crippen LogP contribution in [0.15, 0.2) is 53.9 Å². The second-order valence-electron chi connectivity index (χ2n) is 6.62. The van der Waals surface area contributed by atoms with Gasteiger partial charge in [-0.15, -0.1) is 11.3 Å². The SMILES string of the molecule is CN(CC1COc2ccccc2O1)C(=O)NCCc1csc2ccccc12. The van der Waals surface area contributed by atoms with E-state index in [4.69, 9.17) is 9.47 Å². The zero-order valence-electron chi connectivity index (χ0n) is 15.2. The van der Waals surface area contributed by atoms with Crippen molar-refractivity contribution in [1.82, 2.24) is 10.2 Å². The van der Waals surface area contributed by atoms with E-state index in [0.29, 0.717) is 19.7 Å². The van der Waals surface area contributed by atoms with Crippen LogP contribution in [0.3, 0.4) is 0 Å². The molecule has 1 aromatic heterocycles. The summed E-state index contributed by atoms with van der Waals surface area (Å²) < 4.78 is 12.9. The highest BCUT2D eigenvalue weighted by Crippen LogP contribution is 2.31. The fraction of sp³-hybridized carbons (Fsp3) is 0.286. The van der Waals surface area contributed by atoms with Gasteiger partial charge in [-0.3, -0.25) is 0 Å². The van der Waals surface area contributed by atoms with Gasteiger partial charge in [-0.05, 0) is 40.9 Å². The van der Waals surface area contributed by atoms with Gasteiger partial charge in [-0.2, -0.15) is 0 Å². The Labute approximate surface area is 162 Å². The van der Waals surface area contributed by atoms with Crippen molar-refractivity contribution in [2.75, 3.05) is 26.7 Å². The molecule has 2 heterocycles. The van der Waals surface area contributed by atoms with Crippen molar-refractivity contribution >= 4 is 27.5 Å². The lowest BCUT2D eigenvalue weighted by molar-refractivity contribution is 0.0716. The Kier molecular flexibility index (Phi) is 5.16. The molecule has 1 aliphatic heterocycles. The summed E-state index contributed by atoms with van der Waals surface area (Å²) in [6, 6.07) is 15.9. The highest BCUT2D eigenvalue weighted by Gasteiger charge is 2.23. The van der Waals surface area contributed by atoms with Crippen LogP contribution in [-0.4, -0.2) is 43.8 Å². The minimum atomic E-state index is -0.170. The molecule has 0 radical (unpaired) electrons. The fourth-order valence-electron chi connectivity index (χ4n) is 3.21. The summed E-state index contributed by atoms with van der Waals surface area (Å²) in [6.45, 7) is 1.52. The second kappa shape index (κ2) is 7.88. The van der Waals surface area contributed by atoms with Gasteiger partial charge in [0.05, 0.1) is 6.54 Å². The first kappa shape index (κ1) is 17.7. The number of likely N-dealkylation sites (N-methyl/N-ethyl adjacent to an activating group) is 1. The summed E-state index contributed by atoms with van der Waals surface area (Å²) in [5.41, 5.74) is 1.28. The van der Waals surface area contributed by atoms with Gasteiger partial charge >= 0.3 is 6.03 Å². The summed E-state index contributed by atoms with van der Waals surface area (Å²) in [5.74, 6) is 1.48. The van der Waals surface area contributed by atoms with Gasteiger partial charge in [0.1, 0.15) is 6.61 Å². The van der Waals surface area contributed by atoms with Gasteiger partial charge in [0.2, 0.25) is 0 Å². The molecule has 0 saturated carbocycles. The topological polar surface area (TPSA) is 50.8 Å². The molecule has 5 nitrogen and oxygen atoms in total. The summed E-state index contributed by atoms with van der Waals surface area (Å²) >= 11 is 1.74. The average Bonchev–Trinajstić information content (AvgIpc) is 3.11. The van der Waals surface area contributed by atoms with E-state index in [1.54, 1.807) is 23.3 Å². The van der Waals surface area contributed by atoms with E-state index in [-0.39, 0.29) is 12.1 Å². The van der Waals surface area contributed by atoms with Crippen LogP contribution in [0.25, 0.3) is 10.1 Å². The minimum absolute atomic E-state index is 0.100. The van der Waals surface area contributed by atoms with Crippen molar-refractivity contribution in [1.29, 1.82) is 0 Å². The van der Waals surface area contributed by atoms with E-state index in [9.17, 15) is 4.79 Å². The number of nitrogens with one attached hydrogen (secondary N) is 1. The van der Waals surface area contributed by atoms with Gasteiger partial charge in [-0.1, -0.05) is 30.3 Å². The number of rotatable bonds is 5. The second-order valence-corrected chi connectivity index (χ2v) is 7.53. The Morgan fingerprint density at radius 2 is 1.96 bits per heavy atom. The minimum Gasteiger partial charge on any atom is -0.486 e. The number of hydrogen-bond donors (Lipinski definition) is 1. The van der Waals surface area contributed by atoms with Crippen molar-refractivity contribution in [3.8, 4) is 11.5 Å². The molecule has 0 bridgehead atoms. The number of hydrogen-bond acceptors (Lipinski definition) is 4. The maximum atomic E-state index is 12.4. The van der Waals surface area contributed by atoms with Gasteiger partial charge in [0, 0.05) is 18.3 Å². The number of nitrogens with zero attached hydrogens (tertiary/aromatic N) is 1. The average molecular weight is 382 g/mol. The Morgan fingerprint density at radius 1 is 1.19 bits per heavy atom. The van der Waals surface area contributed by atoms with Gasteiger partial charge < -0.3 is 19.7 Å². The quantitative estimate of drug-likeness (QED) is 0.728. The Balaban J connectivity index is 1.26. The molecule has 4 rings (SSSR count). The van der Waals surface area contributed by atoms with Gasteiger partial charge in [0.15, 0.2) is 17.6 Å². The van der Waals surface area contributed by atoms with Gasteiger partial charge in [0.25, 0.3) is 0 Å². The van der Waals surface area contributed by atoms with Crippen LogP contribution in [0, 0.1) is 0 Å². The Morgan fingerprint density at radius 3 is 2.85 bits per heavy atom. The number of carbonyl (C=O) groups excluding carboxylic acids is 1. The van der Waals surface area contributed by atoms with Crippen molar-refractivity contribution in [2.24, 2.45) is 0 Å². The van der Waals surface area contributed by atoms with Crippen LogP contribution in [0.2, 0.25) is 0 Å². The molecule has 140 valence electrons. The predicted molar refractivity (Wildman–Crippen MR) is 108 cm³/mol. The third-order valence-corrected chi connectivity index (χ3v) is 5.64. The van der Waals surface area contributed by atoms with Crippen molar-refractivity contribution in [3.63, 3.8) is 0 Å². The maximum Gasteiger partial charge on any atom is 0.317 e. The molecule has 0 saturated heterocycles. The zero-order chi connectivity index (χ0) is 18.6. The molecule has 6 heteroatoms. The molecule has 2 amide bonds. The molecule has 3 aromatic rings. The number of fused-ring (bicyclic) bond motifs is 2. The molecule has 1 unspecified atom stereocenters. The molecular formula is C21H22N2O3S. The number of urea groups is 1. The fourth-order valence-corrected chi connectivity index (χ4v) is 4.20. The first-order chi connectivity index (χ1) is 13.2. The number of ether oxygens (including phenoxy) is 2. The smallest absolute Gasteiger partial charge is 0.317 e. The number of benzene rings is 2. The van der Waals surface area contributed by atoms with Crippen LogP contribution >= 0.6 is 11.3 Å². The van der Waals surface area contributed by atoms with Crippen LogP contribution in [0.4, 0.5) is 4.79 Å². The van der Waals surface area contributed by atoms with E-state index in [0.717, 1.165) is 17.9 Å². The molecule has 0 fully saturated rings. The van der Waals surface area contributed by atoms with Crippen LogP contribution in [0.5, 0.6) is 11.5 Å². The van der Waals surface area contributed by atoms with E-state index in [1.165, 1.54) is 15.6 Å². The highest BCUT2D eigenvalue weighted by atomic mass is 32.1. The number of amides is 2. The standard InChI is InChI=1S/C21H22N2O3S/c1-23(12-16-13-25-18-7-3-4-8-19(18)26-16)21(24)22-11-10-15-14-27-20-9-5-2-6-17(15)20/h2-9,14,16H,10-13H2,1H3,(H,22,24). The van der Waals surface area contributed by atoms with E-state index in [2.05, 4.69) is 35.0 Å². The lowest BCUT2D eigenvalue weighted by Crippen LogP contribution is -2.45. The molecule has 0 spiro atoms. The lowest BCUT2D eigenvalue weighted by atomic mass is 10.1.